The van der Waals surface area contributed by atoms with Gasteiger partial charge in [0.2, 0.25) is 5.88 Å². The maximum atomic E-state index is 12.6. The number of pyridine rings is 1. The molecule has 1 N–H and O–H groups in total. The van der Waals surface area contributed by atoms with E-state index in [9.17, 15) is 36.2 Å². The van der Waals surface area contributed by atoms with E-state index < -0.39 is 41.4 Å². The van der Waals surface area contributed by atoms with Gasteiger partial charge in [0.1, 0.15) is 5.56 Å². The molecule has 21 heavy (non-hydrogen) atoms. The quantitative estimate of drug-likeness (QED) is 0.685. The molecule has 0 aliphatic rings. The van der Waals surface area contributed by atoms with Gasteiger partial charge >= 0.3 is 18.5 Å². The SMILES string of the molecule is CCOC(=O)c1cc(OC(F)(F)F)nc(C(F)(F)F)c1O. The van der Waals surface area contributed by atoms with Gasteiger partial charge in [-0.2, -0.15) is 13.2 Å². The van der Waals surface area contributed by atoms with Crippen LogP contribution in [0, 0.1) is 0 Å². The molecule has 0 aliphatic heterocycles. The van der Waals surface area contributed by atoms with Gasteiger partial charge in [0.05, 0.1) is 6.61 Å². The normalized spacial score (nSPS) is 12.1. The Morgan fingerprint density at radius 1 is 1.29 bits per heavy atom. The molecule has 1 heterocycles. The molecule has 1 aromatic heterocycles. The predicted molar refractivity (Wildman–Crippen MR) is 53.5 cm³/mol. The van der Waals surface area contributed by atoms with Crippen molar-refractivity contribution in [1.82, 2.24) is 4.98 Å². The smallest absolute Gasteiger partial charge is 0.505 e. The van der Waals surface area contributed by atoms with Crippen molar-refractivity contribution in [2.75, 3.05) is 6.61 Å². The lowest BCUT2D eigenvalue weighted by molar-refractivity contribution is -0.276. The minimum Gasteiger partial charge on any atom is -0.505 e. The van der Waals surface area contributed by atoms with Gasteiger partial charge in [-0.05, 0) is 6.92 Å². The van der Waals surface area contributed by atoms with Crippen LogP contribution in [0.1, 0.15) is 23.0 Å². The second-order valence-corrected chi connectivity index (χ2v) is 3.47. The first-order valence-electron chi connectivity index (χ1n) is 5.19. The molecule has 5 nitrogen and oxygen atoms in total. The van der Waals surface area contributed by atoms with Crippen molar-refractivity contribution in [3.05, 3.63) is 17.3 Å². The first-order chi connectivity index (χ1) is 9.45. The van der Waals surface area contributed by atoms with Crippen LogP contribution in [0.2, 0.25) is 0 Å². The third-order valence-electron chi connectivity index (χ3n) is 1.95. The van der Waals surface area contributed by atoms with E-state index in [-0.39, 0.29) is 12.7 Å². The summed E-state index contributed by atoms with van der Waals surface area (Å²) in [4.78, 5) is 13.9. The summed E-state index contributed by atoms with van der Waals surface area (Å²) in [5.74, 6) is -4.64. The fourth-order valence-corrected chi connectivity index (χ4v) is 1.25. The summed E-state index contributed by atoms with van der Waals surface area (Å²) in [5, 5.41) is 9.32. The number of alkyl halides is 6. The van der Waals surface area contributed by atoms with E-state index >= 15 is 0 Å². The van der Waals surface area contributed by atoms with Crippen LogP contribution in [0.3, 0.4) is 0 Å². The lowest BCUT2D eigenvalue weighted by Crippen LogP contribution is -2.20. The third kappa shape index (κ3) is 4.39. The molecule has 11 heteroatoms. The van der Waals surface area contributed by atoms with Crippen molar-refractivity contribution in [3.8, 4) is 11.6 Å². The molecular formula is C10H7F6NO4. The van der Waals surface area contributed by atoms with Crippen LogP contribution in [0.25, 0.3) is 0 Å². The highest BCUT2D eigenvalue weighted by Crippen LogP contribution is 2.38. The van der Waals surface area contributed by atoms with Gasteiger partial charge in [-0.25, -0.2) is 9.78 Å². The van der Waals surface area contributed by atoms with Gasteiger partial charge < -0.3 is 14.6 Å². The number of aromatic hydroxyl groups is 1. The van der Waals surface area contributed by atoms with Gasteiger partial charge in [-0.15, -0.1) is 13.2 Å². The number of halogens is 6. The number of hydrogen-bond acceptors (Lipinski definition) is 5. The Morgan fingerprint density at radius 3 is 2.29 bits per heavy atom. The van der Waals surface area contributed by atoms with E-state index in [1.807, 2.05) is 0 Å². The molecule has 0 spiro atoms. The highest BCUT2D eigenvalue weighted by molar-refractivity contribution is 5.93. The van der Waals surface area contributed by atoms with E-state index in [0.29, 0.717) is 0 Å². The average Bonchev–Trinajstić information content (AvgIpc) is 2.28. The maximum Gasteiger partial charge on any atom is 0.574 e. The number of esters is 1. The Kier molecular flexibility index (Phi) is 4.54. The average molecular weight is 319 g/mol. The van der Waals surface area contributed by atoms with Crippen LogP contribution in [-0.4, -0.2) is 29.0 Å². The maximum absolute atomic E-state index is 12.6. The van der Waals surface area contributed by atoms with Crippen molar-refractivity contribution < 1.29 is 45.7 Å². The van der Waals surface area contributed by atoms with Gasteiger partial charge in [-0.1, -0.05) is 0 Å². The number of hydrogen-bond donors (Lipinski definition) is 1. The summed E-state index contributed by atoms with van der Waals surface area (Å²) >= 11 is 0. The zero-order valence-electron chi connectivity index (χ0n) is 10.2. The molecule has 0 fully saturated rings. The zero-order valence-corrected chi connectivity index (χ0v) is 10.2. The van der Waals surface area contributed by atoms with E-state index in [1.165, 1.54) is 6.92 Å². The first-order valence-corrected chi connectivity index (χ1v) is 5.19. The highest BCUT2D eigenvalue weighted by atomic mass is 19.4. The predicted octanol–water partition coefficient (Wildman–Crippen LogP) is 2.88. The highest BCUT2D eigenvalue weighted by Gasteiger charge is 2.40. The topological polar surface area (TPSA) is 68.7 Å². The molecule has 0 atom stereocenters. The van der Waals surface area contributed by atoms with Crippen molar-refractivity contribution in [3.63, 3.8) is 0 Å². The Balaban J connectivity index is 3.42. The lowest BCUT2D eigenvalue weighted by atomic mass is 10.2. The fraction of sp³-hybridized carbons (Fsp3) is 0.400. The lowest BCUT2D eigenvalue weighted by Gasteiger charge is -2.14. The first kappa shape index (κ1) is 16.9. The van der Waals surface area contributed by atoms with E-state index in [2.05, 4.69) is 14.5 Å². The van der Waals surface area contributed by atoms with Crippen molar-refractivity contribution in [1.29, 1.82) is 0 Å². The summed E-state index contributed by atoms with van der Waals surface area (Å²) in [6.45, 7) is 1.05. The van der Waals surface area contributed by atoms with Crippen LogP contribution >= 0.6 is 0 Å². The number of nitrogens with zero attached hydrogens (tertiary/aromatic N) is 1. The third-order valence-corrected chi connectivity index (χ3v) is 1.95. The second-order valence-electron chi connectivity index (χ2n) is 3.47. The molecule has 0 aromatic carbocycles. The van der Waals surface area contributed by atoms with Gasteiger partial charge in [-0.3, -0.25) is 0 Å². The monoisotopic (exact) mass is 319 g/mol. The summed E-state index contributed by atoms with van der Waals surface area (Å²) in [5.41, 5.74) is -3.23. The molecule has 0 saturated carbocycles. The minimum atomic E-state index is -5.32. The summed E-state index contributed by atoms with van der Waals surface area (Å²) in [6.07, 6.45) is -10.6. The largest absolute Gasteiger partial charge is 0.574 e. The zero-order chi connectivity index (χ0) is 16.4. The second kappa shape index (κ2) is 5.66. The molecule has 1 rings (SSSR count). The molecule has 1 aromatic rings. The molecule has 0 bridgehead atoms. The van der Waals surface area contributed by atoms with Crippen LogP contribution in [-0.2, 0) is 10.9 Å². The number of carbonyl (C=O) groups is 1. The summed E-state index contributed by atoms with van der Waals surface area (Å²) in [7, 11) is 0. The Hall–Kier alpha value is -2.20. The number of aromatic nitrogens is 1. The van der Waals surface area contributed by atoms with Crippen LogP contribution in [0.5, 0.6) is 11.6 Å². The molecular weight excluding hydrogens is 312 g/mol. The summed E-state index contributed by atoms with van der Waals surface area (Å²) in [6, 6.07) is 0.204. The molecule has 0 amide bonds. The van der Waals surface area contributed by atoms with Crippen molar-refractivity contribution in [2.45, 2.75) is 19.5 Å². The van der Waals surface area contributed by atoms with Gasteiger partial charge in [0, 0.05) is 6.07 Å². The van der Waals surface area contributed by atoms with E-state index in [1.54, 1.807) is 0 Å². The van der Waals surface area contributed by atoms with Crippen LogP contribution < -0.4 is 4.74 Å². The Morgan fingerprint density at radius 2 is 1.86 bits per heavy atom. The molecule has 118 valence electrons. The minimum absolute atomic E-state index is 0.204. The number of carbonyl (C=O) groups excluding carboxylic acids is 1. The van der Waals surface area contributed by atoms with Gasteiger partial charge in [0.15, 0.2) is 11.4 Å². The number of ether oxygens (including phenoxy) is 2. The fourth-order valence-electron chi connectivity index (χ4n) is 1.25. The molecule has 0 aliphatic carbocycles. The summed E-state index contributed by atoms with van der Waals surface area (Å²) < 4.78 is 81.4. The van der Waals surface area contributed by atoms with Crippen LogP contribution in [0.15, 0.2) is 6.07 Å². The molecule has 0 unspecified atom stereocenters. The Bertz CT molecular complexity index is 540. The van der Waals surface area contributed by atoms with Crippen LogP contribution in [0.4, 0.5) is 26.3 Å². The Labute approximate surface area is 113 Å². The van der Waals surface area contributed by atoms with Crippen molar-refractivity contribution in [2.24, 2.45) is 0 Å². The standard InChI is InChI=1S/C10H7F6NO4/c1-2-20-8(19)4-3-5(21-10(14,15)16)17-7(6(4)18)9(11,12)13/h3,18H,2H2,1H3. The molecule has 0 saturated heterocycles. The molecule has 0 radical (unpaired) electrons. The van der Waals surface area contributed by atoms with E-state index in [0.717, 1.165) is 0 Å². The van der Waals surface area contributed by atoms with Gasteiger partial charge in [0.25, 0.3) is 0 Å². The van der Waals surface area contributed by atoms with E-state index in [4.69, 9.17) is 0 Å². The number of rotatable bonds is 3. The van der Waals surface area contributed by atoms with Crippen molar-refractivity contribution >= 4 is 5.97 Å².